The normalized spacial score (nSPS) is 12.4. The van der Waals surface area contributed by atoms with Gasteiger partial charge in [-0.15, -0.1) is 11.8 Å². The summed E-state index contributed by atoms with van der Waals surface area (Å²) in [5.74, 6) is 0.505. The van der Waals surface area contributed by atoms with E-state index in [0.29, 0.717) is 18.0 Å². The second-order valence-electron chi connectivity index (χ2n) is 3.57. The minimum atomic E-state index is -0.394. The number of thioether (sulfide) groups is 1. The average molecular weight is 256 g/mol. The highest BCUT2D eigenvalue weighted by Crippen LogP contribution is 2.28. The summed E-state index contributed by atoms with van der Waals surface area (Å²) in [6.45, 7) is 2.17. The summed E-state index contributed by atoms with van der Waals surface area (Å²) in [7, 11) is 0. The molecule has 2 N–H and O–H groups in total. The minimum Gasteiger partial charge on any atom is -0.363 e. The molecule has 0 saturated heterocycles. The van der Waals surface area contributed by atoms with Gasteiger partial charge in [0, 0.05) is 12.6 Å². The molecule has 17 heavy (non-hydrogen) atoms. The van der Waals surface area contributed by atoms with Crippen molar-refractivity contribution < 1.29 is 9.66 Å². The highest BCUT2D eigenvalue weighted by atomic mass is 32.2. The molecule has 0 aromatic heterocycles. The SMILES string of the molecule is CSCOC(C)c1cc(CN)ccc1[N+](=O)[O-]. The molecule has 0 heterocycles. The Kier molecular flexibility index (Phi) is 5.40. The fourth-order valence-electron chi connectivity index (χ4n) is 1.48. The van der Waals surface area contributed by atoms with E-state index in [1.807, 2.05) is 6.26 Å². The fourth-order valence-corrected chi connectivity index (χ4v) is 1.82. The smallest absolute Gasteiger partial charge is 0.275 e. The highest BCUT2D eigenvalue weighted by molar-refractivity contribution is 7.98. The number of nitro groups is 1. The molecule has 1 atom stereocenters. The van der Waals surface area contributed by atoms with Gasteiger partial charge in [0.15, 0.2) is 0 Å². The van der Waals surface area contributed by atoms with Gasteiger partial charge in [0.25, 0.3) is 5.69 Å². The van der Waals surface area contributed by atoms with E-state index < -0.39 is 4.92 Å². The third-order valence-electron chi connectivity index (χ3n) is 2.40. The first-order valence-corrected chi connectivity index (χ1v) is 6.57. The molecule has 5 nitrogen and oxygen atoms in total. The predicted molar refractivity (Wildman–Crippen MR) is 68.9 cm³/mol. The Balaban J connectivity index is 3.03. The van der Waals surface area contributed by atoms with Crippen LogP contribution in [-0.2, 0) is 11.3 Å². The summed E-state index contributed by atoms with van der Waals surface area (Å²) in [6, 6.07) is 4.89. The second-order valence-corrected chi connectivity index (χ2v) is 4.38. The van der Waals surface area contributed by atoms with Gasteiger partial charge in [-0.3, -0.25) is 10.1 Å². The molecule has 0 saturated carbocycles. The van der Waals surface area contributed by atoms with Crippen molar-refractivity contribution in [1.82, 2.24) is 0 Å². The van der Waals surface area contributed by atoms with Crippen LogP contribution in [0.3, 0.4) is 0 Å². The monoisotopic (exact) mass is 256 g/mol. The van der Waals surface area contributed by atoms with E-state index in [0.717, 1.165) is 5.56 Å². The predicted octanol–water partition coefficient (Wildman–Crippen LogP) is 2.45. The molecule has 1 unspecified atom stereocenters. The quantitative estimate of drug-likeness (QED) is 0.480. The minimum absolute atomic E-state index is 0.0794. The van der Waals surface area contributed by atoms with Crippen LogP contribution in [0.2, 0.25) is 0 Å². The molecule has 0 spiro atoms. The molecule has 0 aliphatic heterocycles. The molecule has 0 aliphatic carbocycles. The summed E-state index contributed by atoms with van der Waals surface area (Å²) < 4.78 is 5.49. The number of nitrogens with two attached hydrogens (primary N) is 1. The number of rotatable bonds is 6. The van der Waals surface area contributed by atoms with Crippen LogP contribution in [-0.4, -0.2) is 17.1 Å². The van der Waals surface area contributed by atoms with Crippen LogP contribution < -0.4 is 5.73 Å². The molecule has 0 fully saturated rings. The van der Waals surface area contributed by atoms with Crippen LogP contribution in [0, 0.1) is 10.1 Å². The van der Waals surface area contributed by atoms with Crippen LogP contribution in [0.1, 0.15) is 24.2 Å². The molecule has 0 amide bonds. The number of hydrogen-bond donors (Lipinski definition) is 1. The fraction of sp³-hybridized carbons (Fsp3) is 0.455. The zero-order valence-electron chi connectivity index (χ0n) is 9.88. The van der Waals surface area contributed by atoms with Crippen molar-refractivity contribution in [2.75, 3.05) is 12.2 Å². The lowest BCUT2D eigenvalue weighted by Crippen LogP contribution is -2.06. The van der Waals surface area contributed by atoms with Gasteiger partial charge in [0.2, 0.25) is 0 Å². The van der Waals surface area contributed by atoms with Crippen molar-refractivity contribution in [1.29, 1.82) is 0 Å². The maximum atomic E-state index is 10.9. The van der Waals surface area contributed by atoms with Gasteiger partial charge in [0.1, 0.15) is 0 Å². The maximum Gasteiger partial charge on any atom is 0.275 e. The zero-order valence-corrected chi connectivity index (χ0v) is 10.7. The van der Waals surface area contributed by atoms with Gasteiger partial charge in [-0.25, -0.2) is 0 Å². The Morgan fingerprint density at radius 1 is 1.59 bits per heavy atom. The molecule has 1 rings (SSSR count). The van der Waals surface area contributed by atoms with Gasteiger partial charge >= 0.3 is 0 Å². The molecule has 0 radical (unpaired) electrons. The van der Waals surface area contributed by atoms with E-state index in [2.05, 4.69) is 0 Å². The summed E-state index contributed by atoms with van der Waals surface area (Å²) >= 11 is 1.53. The standard InChI is InChI=1S/C11H16N2O3S/c1-8(16-7-17-2)10-5-9(6-12)3-4-11(10)13(14)15/h3-5,8H,6-7,12H2,1-2H3. The van der Waals surface area contributed by atoms with Crippen molar-refractivity contribution >= 4 is 17.4 Å². The van der Waals surface area contributed by atoms with Crippen molar-refractivity contribution in [3.8, 4) is 0 Å². The van der Waals surface area contributed by atoms with E-state index in [4.69, 9.17) is 10.5 Å². The topological polar surface area (TPSA) is 78.4 Å². The number of hydrogen-bond acceptors (Lipinski definition) is 5. The van der Waals surface area contributed by atoms with Gasteiger partial charge < -0.3 is 10.5 Å². The molecular formula is C11H16N2O3S. The van der Waals surface area contributed by atoms with Crippen molar-refractivity contribution in [2.45, 2.75) is 19.6 Å². The van der Waals surface area contributed by atoms with Gasteiger partial charge in [-0.2, -0.15) is 0 Å². The van der Waals surface area contributed by atoms with Crippen molar-refractivity contribution in [2.24, 2.45) is 5.73 Å². The first-order chi connectivity index (χ1) is 8.10. The zero-order chi connectivity index (χ0) is 12.8. The Morgan fingerprint density at radius 3 is 2.82 bits per heavy atom. The van der Waals surface area contributed by atoms with Crippen LogP contribution >= 0.6 is 11.8 Å². The van der Waals surface area contributed by atoms with Crippen molar-refractivity contribution in [3.05, 3.63) is 39.4 Å². The maximum absolute atomic E-state index is 10.9. The lowest BCUT2D eigenvalue weighted by Gasteiger charge is -2.13. The number of nitrogens with zero attached hydrogens (tertiary/aromatic N) is 1. The summed E-state index contributed by atoms with van der Waals surface area (Å²) in [6.07, 6.45) is 1.60. The molecule has 1 aromatic rings. The molecule has 1 aromatic carbocycles. The summed E-state index contributed by atoms with van der Waals surface area (Å²) in [5.41, 5.74) is 7.05. The van der Waals surface area contributed by atoms with E-state index in [9.17, 15) is 10.1 Å². The lowest BCUT2D eigenvalue weighted by molar-refractivity contribution is -0.386. The average Bonchev–Trinajstić information content (AvgIpc) is 2.34. The molecule has 6 heteroatoms. The molecular weight excluding hydrogens is 240 g/mol. The van der Waals surface area contributed by atoms with Crippen LogP contribution in [0.15, 0.2) is 18.2 Å². The first-order valence-electron chi connectivity index (χ1n) is 5.18. The summed E-state index contributed by atoms with van der Waals surface area (Å²) in [5, 5.41) is 10.9. The Labute approximate surface area is 104 Å². The van der Waals surface area contributed by atoms with E-state index >= 15 is 0 Å². The molecule has 0 bridgehead atoms. The number of benzene rings is 1. The largest absolute Gasteiger partial charge is 0.363 e. The van der Waals surface area contributed by atoms with Crippen LogP contribution in [0.5, 0.6) is 0 Å². The molecule has 94 valence electrons. The van der Waals surface area contributed by atoms with Crippen molar-refractivity contribution in [3.63, 3.8) is 0 Å². The second kappa shape index (κ2) is 6.58. The van der Waals surface area contributed by atoms with E-state index in [1.165, 1.54) is 17.8 Å². The van der Waals surface area contributed by atoms with Gasteiger partial charge in [0.05, 0.1) is 22.5 Å². The number of nitro benzene ring substituents is 1. The third-order valence-corrected chi connectivity index (χ3v) is 2.77. The highest BCUT2D eigenvalue weighted by Gasteiger charge is 2.19. The summed E-state index contributed by atoms with van der Waals surface area (Å²) in [4.78, 5) is 10.5. The van der Waals surface area contributed by atoms with Gasteiger partial charge in [-0.1, -0.05) is 6.07 Å². The van der Waals surface area contributed by atoms with Gasteiger partial charge in [-0.05, 0) is 24.8 Å². The third kappa shape index (κ3) is 3.69. The Bertz CT molecular complexity index is 398. The van der Waals surface area contributed by atoms with E-state index in [1.54, 1.807) is 19.1 Å². The van der Waals surface area contributed by atoms with Crippen LogP contribution in [0.25, 0.3) is 0 Å². The Morgan fingerprint density at radius 2 is 2.29 bits per heavy atom. The first kappa shape index (κ1) is 14.0. The molecule has 0 aliphatic rings. The van der Waals surface area contributed by atoms with E-state index in [-0.39, 0.29) is 11.8 Å². The number of ether oxygens (including phenoxy) is 1. The Hall–Kier alpha value is -1.11. The van der Waals surface area contributed by atoms with Crippen LogP contribution in [0.4, 0.5) is 5.69 Å². The lowest BCUT2D eigenvalue weighted by atomic mass is 10.0.